The van der Waals surface area contributed by atoms with Crippen LogP contribution in [-0.2, 0) is 6.42 Å². The zero-order valence-corrected chi connectivity index (χ0v) is 8.42. The molecule has 1 aromatic carbocycles. The SMILES string of the molecule is C=CCCCc1c(F)cccc1OC. The highest BCUT2D eigenvalue weighted by Gasteiger charge is 2.07. The fourth-order valence-corrected chi connectivity index (χ4v) is 1.40. The van der Waals surface area contributed by atoms with Gasteiger partial charge in [-0.2, -0.15) is 0 Å². The van der Waals surface area contributed by atoms with Crippen LogP contribution in [0.25, 0.3) is 0 Å². The second kappa shape index (κ2) is 5.43. The number of hydrogen-bond acceptors (Lipinski definition) is 1. The van der Waals surface area contributed by atoms with Crippen LogP contribution >= 0.6 is 0 Å². The Morgan fingerprint density at radius 3 is 2.93 bits per heavy atom. The molecule has 0 amide bonds. The summed E-state index contributed by atoms with van der Waals surface area (Å²) in [4.78, 5) is 0. The number of allylic oxidation sites excluding steroid dienone is 1. The van der Waals surface area contributed by atoms with Gasteiger partial charge in [0.15, 0.2) is 0 Å². The van der Waals surface area contributed by atoms with Crippen LogP contribution in [0.3, 0.4) is 0 Å². The second-order valence-electron chi connectivity index (χ2n) is 3.10. The molecule has 0 saturated carbocycles. The molecule has 0 bridgehead atoms. The standard InChI is InChI=1S/C12H15FO/c1-3-4-5-7-10-11(13)8-6-9-12(10)14-2/h3,6,8-9H,1,4-5,7H2,2H3. The number of hydrogen-bond donors (Lipinski definition) is 0. The van der Waals surface area contributed by atoms with Gasteiger partial charge in [-0.15, -0.1) is 6.58 Å². The highest BCUT2D eigenvalue weighted by Crippen LogP contribution is 2.22. The number of unbranched alkanes of at least 4 members (excludes halogenated alkanes) is 1. The molecule has 0 atom stereocenters. The van der Waals surface area contributed by atoms with Gasteiger partial charge >= 0.3 is 0 Å². The molecular formula is C12H15FO. The third-order valence-electron chi connectivity index (χ3n) is 2.13. The first-order valence-electron chi connectivity index (χ1n) is 4.72. The van der Waals surface area contributed by atoms with Crippen molar-refractivity contribution < 1.29 is 9.13 Å². The van der Waals surface area contributed by atoms with E-state index < -0.39 is 0 Å². The Morgan fingerprint density at radius 2 is 2.29 bits per heavy atom. The van der Waals surface area contributed by atoms with Gasteiger partial charge in [0.2, 0.25) is 0 Å². The highest BCUT2D eigenvalue weighted by molar-refractivity contribution is 5.34. The molecule has 2 heteroatoms. The molecule has 0 N–H and O–H groups in total. The normalized spacial score (nSPS) is 9.86. The van der Waals surface area contributed by atoms with Crippen molar-refractivity contribution in [3.05, 3.63) is 42.2 Å². The first kappa shape index (κ1) is 10.8. The van der Waals surface area contributed by atoms with Crippen LogP contribution in [0.2, 0.25) is 0 Å². The smallest absolute Gasteiger partial charge is 0.130 e. The molecule has 1 aromatic rings. The van der Waals surface area contributed by atoms with E-state index in [2.05, 4.69) is 6.58 Å². The molecule has 0 aliphatic heterocycles. The quantitative estimate of drug-likeness (QED) is 0.516. The van der Waals surface area contributed by atoms with E-state index in [4.69, 9.17) is 4.74 Å². The molecular weight excluding hydrogens is 179 g/mol. The molecule has 0 heterocycles. The molecule has 0 fully saturated rings. The van der Waals surface area contributed by atoms with Gasteiger partial charge in [-0.05, 0) is 31.4 Å². The molecule has 1 rings (SSSR count). The number of benzene rings is 1. The lowest BCUT2D eigenvalue weighted by atomic mass is 10.1. The third kappa shape index (κ3) is 2.59. The maximum atomic E-state index is 13.4. The van der Waals surface area contributed by atoms with Crippen LogP contribution in [-0.4, -0.2) is 7.11 Å². The Morgan fingerprint density at radius 1 is 1.50 bits per heavy atom. The molecule has 0 aromatic heterocycles. The molecule has 76 valence electrons. The monoisotopic (exact) mass is 194 g/mol. The minimum absolute atomic E-state index is 0.187. The third-order valence-corrected chi connectivity index (χ3v) is 2.13. The van der Waals surface area contributed by atoms with E-state index >= 15 is 0 Å². The zero-order valence-electron chi connectivity index (χ0n) is 8.42. The minimum atomic E-state index is -0.187. The second-order valence-corrected chi connectivity index (χ2v) is 3.10. The Hall–Kier alpha value is -1.31. The van der Waals surface area contributed by atoms with Crippen LogP contribution in [0, 0.1) is 5.82 Å². The van der Waals surface area contributed by atoms with E-state index in [0.717, 1.165) is 12.8 Å². The largest absolute Gasteiger partial charge is 0.496 e. The average Bonchev–Trinajstić information content (AvgIpc) is 2.20. The lowest BCUT2D eigenvalue weighted by Crippen LogP contribution is -1.95. The summed E-state index contributed by atoms with van der Waals surface area (Å²) in [7, 11) is 1.56. The molecule has 0 aliphatic rings. The van der Waals surface area contributed by atoms with Crippen LogP contribution < -0.4 is 4.74 Å². The predicted molar refractivity (Wildman–Crippen MR) is 56.1 cm³/mol. The fourth-order valence-electron chi connectivity index (χ4n) is 1.40. The lowest BCUT2D eigenvalue weighted by Gasteiger charge is -2.08. The van der Waals surface area contributed by atoms with E-state index in [0.29, 0.717) is 17.7 Å². The minimum Gasteiger partial charge on any atom is -0.496 e. The highest BCUT2D eigenvalue weighted by atomic mass is 19.1. The van der Waals surface area contributed by atoms with E-state index in [1.54, 1.807) is 19.2 Å². The molecule has 14 heavy (non-hydrogen) atoms. The van der Waals surface area contributed by atoms with E-state index in [9.17, 15) is 4.39 Å². The lowest BCUT2D eigenvalue weighted by molar-refractivity contribution is 0.404. The Balaban J connectivity index is 2.76. The van der Waals surface area contributed by atoms with Gasteiger partial charge in [-0.25, -0.2) is 4.39 Å². The van der Waals surface area contributed by atoms with Crippen molar-refractivity contribution in [1.82, 2.24) is 0 Å². The van der Waals surface area contributed by atoms with Gasteiger partial charge in [0.1, 0.15) is 11.6 Å². The van der Waals surface area contributed by atoms with E-state index in [1.165, 1.54) is 6.07 Å². The summed E-state index contributed by atoms with van der Waals surface area (Å²) >= 11 is 0. The molecule has 0 saturated heterocycles. The van der Waals surface area contributed by atoms with Gasteiger partial charge in [-0.3, -0.25) is 0 Å². The maximum absolute atomic E-state index is 13.4. The van der Waals surface area contributed by atoms with Crippen molar-refractivity contribution in [1.29, 1.82) is 0 Å². The summed E-state index contributed by atoms with van der Waals surface area (Å²) in [5.41, 5.74) is 0.664. The maximum Gasteiger partial charge on any atom is 0.130 e. The summed E-state index contributed by atoms with van der Waals surface area (Å²) in [6, 6.07) is 4.91. The van der Waals surface area contributed by atoms with Crippen molar-refractivity contribution in [3.63, 3.8) is 0 Å². The number of halogens is 1. The van der Waals surface area contributed by atoms with Gasteiger partial charge < -0.3 is 4.74 Å². The number of rotatable bonds is 5. The molecule has 1 nitrogen and oxygen atoms in total. The van der Waals surface area contributed by atoms with Gasteiger partial charge in [0.25, 0.3) is 0 Å². The number of methoxy groups -OCH3 is 1. The van der Waals surface area contributed by atoms with Crippen molar-refractivity contribution in [2.24, 2.45) is 0 Å². The van der Waals surface area contributed by atoms with Crippen molar-refractivity contribution >= 4 is 0 Å². The fraction of sp³-hybridized carbons (Fsp3) is 0.333. The summed E-state index contributed by atoms with van der Waals surface area (Å²) in [5, 5.41) is 0. The molecule has 0 spiro atoms. The zero-order chi connectivity index (χ0) is 10.4. The van der Waals surface area contributed by atoms with Crippen molar-refractivity contribution in [2.45, 2.75) is 19.3 Å². The summed E-state index contributed by atoms with van der Waals surface area (Å²) < 4.78 is 18.4. The van der Waals surface area contributed by atoms with E-state index in [-0.39, 0.29) is 5.82 Å². The molecule has 0 radical (unpaired) electrons. The first-order valence-corrected chi connectivity index (χ1v) is 4.72. The summed E-state index contributed by atoms with van der Waals surface area (Å²) in [5.74, 6) is 0.447. The topological polar surface area (TPSA) is 9.23 Å². The van der Waals surface area contributed by atoms with Gasteiger partial charge in [-0.1, -0.05) is 12.1 Å². The van der Waals surface area contributed by atoms with Crippen LogP contribution in [0.1, 0.15) is 18.4 Å². The predicted octanol–water partition coefficient (Wildman–Crippen LogP) is 3.34. The van der Waals surface area contributed by atoms with Crippen LogP contribution in [0.4, 0.5) is 4.39 Å². The Bertz CT molecular complexity index is 307. The first-order chi connectivity index (χ1) is 6.79. The Kier molecular flexibility index (Phi) is 4.17. The van der Waals surface area contributed by atoms with Crippen LogP contribution in [0.5, 0.6) is 5.75 Å². The van der Waals surface area contributed by atoms with E-state index in [1.807, 2.05) is 6.08 Å². The Labute approximate surface area is 84.2 Å². The summed E-state index contributed by atoms with van der Waals surface area (Å²) in [6.45, 7) is 3.63. The van der Waals surface area contributed by atoms with Crippen molar-refractivity contribution in [2.75, 3.05) is 7.11 Å². The van der Waals surface area contributed by atoms with Gasteiger partial charge in [0, 0.05) is 5.56 Å². The molecule has 0 unspecified atom stereocenters. The van der Waals surface area contributed by atoms with Crippen LogP contribution in [0.15, 0.2) is 30.9 Å². The molecule has 0 aliphatic carbocycles. The summed E-state index contributed by atoms with van der Waals surface area (Å²) in [6.07, 6.45) is 4.34. The average molecular weight is 194 g/mol. The van der Waals surface area contributed by atoms with Gasteiger partial charge in [0.05, 0.1) is 7.11 Å². The number of ether oxygens (including phenoxy) is 1. The van der Waals surface area contributed by atoms with Crippen molar-refractivity contribution in [3.8, 4) is 5.75 Å².